The van der Waals surface area contributed by atoms with Crippen LogP contribution in [0.15, 0.2) is 0 Å². The Bertz CT molecular complexity index is 72.1. The first kappa shape index (κ1) is 6.54. The van der Waals surface area contributed by atoms with Crippen molar-refractivity contribution in [2.45, 2.75) is 0 Å². The third-order valence-electron chi connectivity index (χ3n) is 0.330. The predicted molar refractivity (Wildman–Crippen MR) is 27.7 cm³/mol. The highest BCUT2D eigenvalue weighted by Gasteiger charge is 1.96. The van der Waals surface area contributed by atoms with Gasteiger partial charge in [0.15, 0.2) is 0 Å². The topological polar surface area (TPSA) is 84.4 Å². The standard InChI is InChI=1S/CH6N4OS/c2-5(3)1(6)4-7/h7H,2-3H2,(H,4,6). The molecule has 0 rings (SSSR count). The van der Waals surface area contributed by atoms with Crippen molar-refractivity contribution in [3.8, 4) is 0 Å². The molecule has 6 heteroatoms. The van der Waals surface area contributed by atoms with Crippen molar-refractivity contribution in [2.75, 3.05) is 0 Å². The minimum atomic E-state index is -0.650. The van der Waals surface area contributed by atoms with Gasteiger partial charge in [0, 0.05) is 0 Å². The molecule has 0 saturated heterocycles. The van der Waals surface area contributed by atoms with Crippen LogP contribution in [0, 0.1) is 0 Å². The van der Waals surface area contributed by atoms with Crippen LogP contribution in [0.3, 0.4) is 0 Å². The number of thiol groups is 1. The Balaban J connectivity index is 3.35. The maximum atomic E-state index is 10.0. The van der Waals surface area contributed by atoms with Gasteiger partial charge in [-0.3, -0.25) is 4.72 Å². The number of carbonyl (C=O) groups excluding carboxylic acids is 1. The number of rotatable bonds is 0. The molecule has 0 aliphatic heterocycles. The fraction of sp³-hybridized carbons (Fsp3) is 0. The molecular weight excluding hydrogens is 116 g/mol. The molecule has 5 nitrogen and oxygen atoms in total. The number of amides is 2. The zero-order valence-corrected chi connectivity index (χ0v) is 4.35. The van der Waals surface area contributed by atoms with E-state index in [9.17, 15) is 4.79 Å². The number of hydrogen-bond donors (Lipinski definition) is 4. The summed E-state index contributed by atoms with van der Waals surface area (Å²) in [5.74, 6) is 9.39. The van der Waals surface area contributed by atoms with Gasteiger partial charge in [-0.2, -0.15) is 5.12 Å². The molecule has 0 radical (unpaired) electrons. The predicted octanol–water partition coefficient (Wildman–Crippen LogP) is -1.41. The molecule has 0 fully saturated rings. The second kappa shape index (κ2) is 2.67. The van der Waals surface area contributed by atoms with E-state index >= 15 is 0 Å². The van der Waals surface area contributed by atoms with Gasteiger partial charge >= 0.3 is 6.03 Å². The van der Waals surface area contributed by atoms with Crippen LogP contribution in [0.25, 0.3) is 0 Å². The fourth-order valence-corrected chi connectivity index (χ4v) is 0.173. The lowest BCUT2D eigenvalue weighted by Gasteiger charge is -2.05. The van der Waals surface area contributed by atoms with Gasteiger partial charge in [-0.1, -0.05) is 12.8 Å². The first-order chi connectivity index (χ1) is 3.18. The van der Waals surface area contributed by atoms with Crippen LogP contribution in [-0.2, 0) is 0 Å². The molecule has 0 atom stereocenters. The molecule has 0 bridgehead atoms. The SMILES string of the molecule is NN(N)C(=O)NS. The van der Waals surface area contributed by atoms with Gasteiger partial charge in [-0.25, -0.2) is 16.5 Å². The minimum Gasteiger partial charge on any atom is -0.282 e. The van der Waals surface area contributed by atoms with E-state index in [0.717, 1.165) is 0 Å². The second-order valence-corrected chi connectivity index (χ2v) is 1.05. The summed E-state index contributed by atoms with van der Waals surface area (Å²) >= 11 is 3.35. The molecule has 0 spiro atoms. The summed E-state index contributed by atoms with van der Waals surface area (Å²) in [7, 11) is 0. The highest BCUT2D eigenvalue weighted by molar-refractivity contribution is 7.78. The highest BCUT2D eigenvalue weighted by atomic mass is 32.1. The quantitative estimate of drug-likeness (QED) is 0.138. The Labute approximate surface area is 46.1 Å². The van der Waals surface area contributed by atoms with Crippen LogP contribution in [-0.4, -0.2) is 11.1 Å². The second-order valence-electron chi connectivity index (χ2n) is 0.824. The largest absolute Gasteiger partial charge is 0.356 e. The summed E-state index contributed by atoms with van der Waals surface area (Å²) in [5, 5.41) is 0.396. The fourth-order valence-electron chi connectivity index (χ4n) is 0.0577. The van der Waals surface area contributed by atoms with E-state index in [2.05, 4.69) is 12.8 Å². The number of hydrazine groups is 2. The number of nitrogens with two attached hydrogens (primary N) is 2. The molecule has 0 aromatic rings. The molecule has 0 unspecified atom stereocenters. The van der Waals surface area contributed by atoms with Gasteiger partial charge in [0.1, 0.15) is 0 Å². The van der Waals surface area contributed by atoms with Gasteiger partial charge in [-0.15, -0.1) is 0 Å². The Morgan fingerprint density at radius 3 is 2.14 bits per heavy atom. The molecule has 0 saturated carbocycles. The van der Waals surface area contributed by atoms with E-state index in [1.807, 2.05) is 4.72 Å². The van der Waals surface area contributed by atoms with E-state index in [0.29, 0.717) is 5.12 Å². The highest BCUT2D eigenvalue weighted by Crippen LogP contribution is 1.67. The van der Waals surface area contributed by atoms with E-state index in [4.69, 9.17) is 11.7 Å². The van der Waals surface area contributed by atoms with Crippen molar-refractivity contribution in [1.82, 2.24) is 9.84 Å². The maximum Gasteiger partial charge on any atom is 0.356 e. The minimum absolute atomic E-state index is 0.396. The van der Waals surface area contributed by atoms with Gasteiger partial charge < -0.3 is 0 Å². The van der Waals surface area contributed by atoms with Crippen LogP contribution < -0.4 is 16.4 Å². The molecule has 0 aromatic heterocycles. The summed E-state index contributed by atoms with van der Waals surface area (Å²) < 4.78 is 1.90. The molecule has 42 valence electrons. The molecule has 0 aliphatic carbocycles. The first-order valence-corrected chi connectivity index (χ1v) is 1.86. The summed E-state index contributed by atoms with van der Waals surface area (Å²) in [4.78, 5) is 10.0. The van der Waals surface area contributed by atoms with Gasteiger partial charge in [0.25, 0.3) is 0 Å². The number of carbonyl (C=O) groups is 1. The van der Waals surface area contributed by atoms with Crippen molar-refractivity contribution in [3.05, 3.63) is 0 Å². The van der Waals surface area contributed by atoms with Crippen molar-refractivity contribution in [1.29, 1.82) is 0 Å². The molecule has 0 aromatic carbocycles. The lowest BCUT2D eigenvalue weighted by Crippen LogP contribution is -2.46. The van der Waals surface area contributed by atoms with Crippen LogP contribution in [0.4, 0.5) is 4.79 Å². The zero-order valence-electron chi connectivity index (χ0n) is 3.46. The Morgan fingerprint density at radius 2 is 2.14 bits per heavy atom. The summed E-state index contributed by atoms with van der Waals surface area (Å²) in [6.07, 6.45) is 0. The van der Waals surface area contributed by atoms with Crippen molar-refractivity contribution >= 4 is 18.8 Å². The summed E-state index contributed by atoms with van der Waals surface area (Å²) in [6.45, 7) is 0. The monoisotopic (exact) mass is 122 g/mol. The first-order valence-electron chi connectivity index (χ1n) is 1.42. The van der Waals surface area contributed by atoms with Gasteiger partial charge in [-0.05, 0) is 0 Å². The van der Waals surface area contributed by atoms with Crippen molar-refractivity contribution in [2.24, 2.45) is 11.7 Å². The van der Waals surface area contributed by atoms with E-state index in [1.165, 1.54) is 0 Å². The van der Waals surface area contributed by atoms with Crippen LogP contribution in [0.2, 0.25) is 0 Å². The summed E-state index contributed by atoms with van der Waals surface area (Å²) in [6, 6.07) is -0.650. The molecule has 5 N–H and O–H groups in total. The van der Waals surface area contributed by atoms with E-state index in [1.54, 1.807) is 0 Å². The van der Waals surface area contributed by atoms with Gasteiger partial charge in [0.2, 0.25) is 0 Å². The average molecular weight is 122 g/mol. The number of nitrogens with zero attached hydrogens (tertiary/aromatic N) is 1. The van der Waals surface area contributed by atoms with E-state index < -0.39 is 6.03 Å². The normalized spacial score (nSPS) is 7.86. The number of hydrogen-bond acceptors (Lipinski definition) is 4. The van der Waals surface area contributed by atoms with Crippen LogP contribution in [0.1, 0.15) is 0 Å². The maximum absolute atomic E-state index is 10.0. The van der Waals surface area contributed by atoms with Crippen LogP contribution >= 0.6 is 12.8 Å². The smallest absolute Gasteiger partial charge is 0.282 e. The zero-order chi connectivity index (χ0) is 5.86. The Hall–Kier alpha value is -0.460. The molecule has 7 heavy (non-hydrogen) atoms. The van der Waals surface area contributed by atoms with Crippen molar-refractivity contribution < 1.29 is 4.79 Å². The Kier molecular flexibility index (Phi) is 2.49. The van der Waals surface area contributed by atoms with Crippen molar-refractivity contribution in [3.63, 3.8) is 0 Å². The van der Waals surface area contributed by atoms with Crippen LogP contribution in [0.5, 0.6) is 0 Å². The van der Waals surface area contributed by atoms with Gasteiger partial charge in [0.05, 0.1) is 0 Å². The summed E-state index contributed by atoms with van der Waals surface area (Å²) in [5.41, 5.74) is 0. The number of urea groups is 1. The third kappa shape index (κ3) is 2.26. The molecule has 2 amide bonds. The molecular formula is CH6N4OS. The molecule has 0 heterocycles. The average Bonchev–Trinajstić information content (AvgIpc) is 1.65. The lowest BCUT2D eigenvalue weighted by molar-refractivity contribution is 0.207. The Morgan fingerprint density at radius 1 is 1.71 bits per heavy atom. The molecule has 0 aliphatic rings. The third-order valence-corrected chi connectivity index (χ3v) is 0.521. The van der Waals surface area contributed by atoms with E-state index in [-0.39, 0.29) is 0 Å². The number of nitrogens with one attached hydrogen (secondary N) is 1. The lowest BCUT2D eigenvalue weighted by atomic mass is 11.1.